The zero-order chi connectivity index (χ0) is 20.2. The zero-order valence-corrected chi connectivity index (χ0v) is 16.0. The summed E-state index contributed by atoms with van der Waals surface area (Å²) in [6.07, 6.45) is 0.475. The van der Waals surface area contributed by atoms with E-state index in [1.807, 2.05) is 30.3 Å². The maximum atomic E-state index is 12.3. The number of ether oxygens (including phenoxy) is 1. The highest BCUT2D eigenvalue weighted by molar-refractivity contribution is 6.30. The number of carbonyl (C=O) groups is 2. The van der Waals surface area contributed by atoms with Crippen molar-refractivity contribution in [1.82, 2.24) is 31.1 Å². The van der Waals surface area contributed by atoms with Gasteiger partial charge in [-0.25, -0.2) is 0 Å². The van der Waals surface area contributed by atoms with Gasteiger partial charge in [0.05, 0.1) is 5.92 Å². The predicted octanol–water partition coefficient (Wildman–Crippen LogP) is 1.39. The summed E-state index contributed by atoms with van der Waals surface area (Å²) in [6, 6.07) is 14.6. The molecule has 148 valence electrons. The van der Waals surface area contributed by atoms with Gasteiger partial charge in [-0.2, -0.15) is 4.80 Å². The van der Waals surface area contributed by atoms with Gasteiger partial charge in [0.15, 0.2) is 0 Å². The lowest BCUT2D eigenvalue weighted by molar-refractivity contribution is -0.132. The van der Waals surface area contributed by atoms with Crippen LogP contribution in [0, 0.1) is 5.92 Å². The molecule has 29 heavy (non-hydrogen) atoms. The molecule has 1 aromatic heterocycles. The number of carbonyl (C=O) groups excluding carboxylic acids is 2. The lowest BCUT2D eigenvalue weighted by Gasteiger charge is -2.24. The van der Waals surface area contributed by atoms with Gasteiger partial charge in [0, 0.05) is 10.6 Å². The van der Waals surface area contributed by atoms with E-state index in [-0.39, 0.29) is 19.1 Å². The molecule has 0 spiro atoms. The number of nitrogens with zero attached hydrogens (tertiary/aromatic N) is 4. The Hall–Kier alpha value is -3.46. The second-order valence-corrected chi connectivity index (χ2v) is 6.95. The number of hydrogen-bond donors (Lipinski definition) is 2. The van der Waals surface area contributed by atoms with Crippen LogP contribution in [0.5, 0.6) is 5.75 Å². The lowest BCUT2D eigenvalue weighted by atomic mass is 9.96. The number of fused-ring (bicyclic) bond motifs is 1. The molecule has 0 saturated heterocycles. The topological polar surface area (TPSA) is 111 Å². The van der Waals surface area contributed by atoms with Crippen molar-refractivity contribution in [3.05, 3.63) is 59.1 Å². The SMILES string of the molecule is O=C(Cn1nnc(-c2ccccc2)n1)NNC(=O)[C@@H]1COc2ccc(Cl)cc2C1. The van der Waals surface area contributed by atoms with E-state index in [2.05, 4.69) is 26.3 Å². The second kappa shape index (κ2) is 8.27. The fourth-order valence-electron chi connectivity index (χ4n) is 2.95. The average Bonchev–Trinajstić information content (AvgIpc) is 3.20. The van der Waals surface area contributed by atoms with E-state index in [1.165, 1.54) is 0 Å². The van der Waals surface area contributed by atoms with Crippen LogP contribution < -0.4 is 15.6 Å². The molecule has 2 amide bonds. The van der Waals surface area contributed by atoms with Gasteiger partial charge in [-0.1, -0.05) is 41.9 Å². The molecule has 0 aliphatic carbocycles. The van der Waals surface area contributed by atoms with Crippen molar-refractivity contribution in [3.8, 4) is 17.1 Å². The van der Waals surface area contributed by atoms with Crippen LogP contribution in [0.4, 0.5) is 0 Å². The molecule has 0 fully saturated rings. The highest BCUT2D eigenvalue weighted by atomic mass is 35.5. The van der Waals surface area contributed by atoms with Crippen molar-refractivity contribution in [2.24, 2.45) is 5.92 Å². The minimum atomic E-state index is -0.476. The summed E-state index contributed by atoms with van der Waals surface area (Å²) in [7, 11) is 0. The molecule has 0 radical (unpaired) electrons. The number of tetrazole rings is 1. The first-order valence-electron chi connectivity index (χ1n) is 8.91. The van der Waals surface area contributed by atoms with Crippen molar-refractivity contribution < 1.29 is 14.3 Å². The van der Waals surface area contributed by atoms with E-state index < -0.39 is 11.8 Å². The number of halogens is 1. The van der Waals surface area contributed by atoms with Gasteiger partial charge in [-0.3, -0.25) is 20.4 Å². The Morgan fingerprint density at radius 3 is 2.83 bits per heavy atom. The molecule has 2 heterocycles. The zero-order valence-electron chi connectivity index (χ0n) is 15.2. The summed E-state index contributed by atoms with van der Waals surface area (Å²) in [5.74, 6) is -0.125. The molecule has 0 saturated carbocycles. The molecular weight excluding hydrogens is 396 g/mol. The number of hydrazine groups is 1. The molecule has 9 nitrogen and oxygen atoms in total. The molecule has 0 unspecified atom stereocenters. The van der Waals surface area contributed by atoms with E-state index >= 15 is 0 Å². The Bertz CT molecular complexity index is 1040. The van der Waals surface area contributed by atoms with Crippen molar-refractivity contribution in [2.75, 3.05) is 6.61 Å². The smallest absolute Gasteiger partial charge is 0.262 e. The van der Waals surface area contributed by atoms with Crippen LogP contribution in [0.2, 0.25) is 5.02 Å². The van der Waals surface area contributed by atoms with Gasteiger partial charge < -0.3 is 4.74 Å². The molecule has 10 heteroatoms. The number of hydrogen-bond acceptors (Lipinski definition) is 6. The van der Waals surface area contributed by atoms with Gasteiger partial charge in [-0.15, -0.1) is 10.2 Å². The fraction of sp³-hybridized carbons (Fsp3) is 0.211. The van der Waals surface area contributed by atoms with Crippen LogP contribution in [-0.2, 0) is 22.6 Å². The van der Waals surface area contributed by atoms with Gasteiger partial charge >= 0.3 is 0 Å². The predicted molar refractivity (Wildman–Crippen MR) is 104 cm³/mol. The highest BCUT2D eigenvalue weighted by Gasteiger charge is 2.26. The van der Waals surface area contributed by atoms with Gasteiger partial charge in [0.25, 0.3) is 5.91 Å². The molecular formula is C19H17ClN6O3. The largest absolute Gasteiger partial charge is 0.492 e. The quantitative estimate of drug-likeness (QED) is 0.626. The Labute approximate surface area is 171 Å². The minimum Gasteiger partial charge on any atom is -0.492 e. The van der Waals surface area contributed by atoms with Gasteiger partial charge in [-0.05, 0) is 35.4 Å². The fourth-order valence-corrected chi connectivity index (χ4v) is 3.14. The third kappa shape index (κ3) is 4.52. The third-order valence-electron chi connectivity index (χ3n) is 4.39. The summed E-state index contributed by atoms with van der Waals surface area (Å²) in [6.45, 7) is 0.0428. The number of rotatable bonds is 4. The van der Waals surface area contributed by atoms with E-state index in [4.69, 9.17) is 16.3 Å². The molecule has 3 aromatic rings. The first-order valence-corrected chi connectivity index (χ1v) is 9.29. The second-order valence-electron chi connectivity index (χ2n) is 6.51. The Morgan fingerprint density at radius 2 is 2.00 bits per heavy atom. The van der Waals surface area contributed by atoms with Gasteiger partial charge in [0.2, 0.25) is 11.7 Å². The summed E-state index contributed by atoms with van der Waals surface area (Å²) in [4.78, 5) is 25.6. The van der Waals surface area contributed by atoms with E-state index in [0.717, 1.165) is 15.9 Å². The molecule has 2 aromatic carbocycles. The molecule has 0 bridgehead atoms. The monoisotopic (exact) mass is 412 g/mol. The first-order chi connectivity index (χ1) is 14.1. The molecule has 1 atom stereocenters. The van der Waals surface area contributed by atoms with Crippen LogP contribution in [0.3, 0.4) is 0 Å². The summed E-state index contributed by atoms with van der Waals surface area (Å²) in [5, 5.41) is 12.5. The summed E-state index contributed by atoms with van der Waals surface area (Å²) in [5.41, 5.74) is 6.43. The standard InChI is InChI=1S/C19H17ClN6O3/c20-15-6-7-16-13(9-15)8-14(11-29-16)19(28)23-21-17(27)10-26-24-18(22-25-26)12-4-2-1-3-5-12/h1-7,9,14H,8,10-11H2,(H,21,27)(H,23,28)/t14-/m0/s1. The number of nitrogens with one attached hydrogen (secondary N) is 2. The van der Waals surface area contributed by atoms with Crippen LogP contribution in [0.1, 0.15) is 5.56 Å². The maximum absolute atomic E-state index is 12.3. The molecule has 1 aliphatic rings. The first kappa shape index (κ1) is 18.9. The van der Waals surface area contributed by atoms with Crippen LogP contribution in [-0.4, -0.2) is 38.6 Å². The van der Waals surface area contributed by atoms with E-state index in [1.54, 1.807) is 18.2 Å². The highest BCUT2D eigenvalue weighted by Crippen LogP contribution is 2.29. The molecule has 2 N–H and O–H groups in total. The van der Waals surface area contributed by atoms with Crippen molar-refractivity contribution >= 4 is 23.4 Å². The minimum absolute atomic E-state index is 0.181. The third-order valence-corrected chi connectivity index (χ3v) is 4.63. The molecule has 1 aliphatic heterocycles. The van der Waals surface area contributed by atoms with Crippen molar-refractivity contribution in [2.45, 2.75) is 13.0 Å². The Morgan fingerprint density at radius 1 is 1.17 bits per heavy atom. The maximum Gasteiger partial charge on any atom is 0.262 e. The molecule has 4 rings (SSSR count). The summed E-state index contributed by atoms with van der Waals surface area (Å²) >= 11 is 5.99. The Kier molecular flexibility index (Phi) is 5.39. The number of benzene rings is 2. The average molecular weight is 413 g/mol. The number of amides is 2. The van der Waals surface area contributed by atoms with Crippen LogP contribution in [0.15, 0.2) is 48.5 Å². The van der Waals surface area contributed by atoms with Gasteiger partial charge in [0.1, 0.15) is 18.9 Å². The van der Waals surface area contributed by atoms with Crippen LogP contribution in [0.25, 0.3) is 11.4 Å². The van der Waals surface area contributed by atoms with Crippen molar-refractivity contribution in [3.63, 3.8) is 0 Å². The van der Waals surface area contributed by atoms with E-state index in [9.17, 15) is 9.59 Å². The Balaban J connectivity index is 1.29. The van der Waals surface area contributed by atoms with Crippen LogP contribution >= 0.6 is 11.6 Å². The summed E-state index contributed by atoms with van der Waals surface area (Å²) < 4.78 is 5.59. The lowest BCUT2D eigenvalue weighted by Crippen LogP contribution is -2.48. The van der Waals surface area contributed by atoms with E-state index in [0.29, 0.717) is 23.0 Å². The normalized spacial score (nSPS) is 15.1. The number of aromatic nitrogens is 4. The van der Waals surface area contributed by atoms with Crippen molar-refractivity contribution in [1.29, 1.82) is 0 Å².